The number of thioether (sulfide) groups is 1. The number of sulfone groups is 1. The number of amidine groups is 1. The lowest BCUT2D eigenvalue weighted by Crippen LogP contribution is -2.38. The first-order valence-corrected chi connectivity index (χ1v) is 11.6. The molecule has 4 rings (SSSR count). The number of para-hydroxylation sites is 1. The predicted octanol–water partition coefficient (Wildman–Crippen LogP) is 3.91. The van der Waals surface area contributed by atoms with Gasteiger partial charge in [0.2, 0.25) is 0 Å². The molecular weight excluding hydrogens is 427 g/mol. The zero-order chi connectivity index (χ0) is 19.2. The van der Waals surface area contributed by atoms with E-state index in [1.165, 1.54) is 11.8 Å². The number of halogens is 2. The molecule has 2 aromatic carbocycles. The largest absolute Gasteiger partial charge is 0.313 e. The maximum Gasteiger partial charge on any atom is 0.279 e. The minimum Gasteiger partial charge on any atom is -0.313 e. The monoisotopic (exact) mass is 440 g/mol. The van der Waals surface area contributed by atoms with Crippen LogP contribution in [0.2, 0.25) is 10.0 Å². The van der Waals surface area contributed by atoms with Crippen LogP contribution in [0.25, 0.3) is 0 Å². The highest BCUT2D eigenvalue weighted by Crippen LogP contribution is 2.45. The molecule has 2 fully saturated rings. The van der Waals surface area contributed by atoms with E-state index in [4.69, 9.17) is 23.2 Å². The lowest BCUT2D eigenvalue weighted by Gasteiger charge is -2.26. The topological polar surface area (TPSA) is 66.8 Å². The highest BCUT2D eigenvalue weighted by Gasteiger charge is 2.50. The van der Waals surface area contributed by atoms with E-state index in [-0.39, 0.29) is 22.8 Å². The first-order valence-electron chi connectivity index (χ1n) is 8.14. The Labute approximate surface area is 171 Å². The van der Waals surface area contributed by atoms with Crippen molar-refractivity contribution in [1.82, 2.24) is 0 Å². The van der Waals surface area contributed by atoms with Gasteiger partial charge in [0.25, 0.3) is 5.91 Å². The normalized spacial score (nSPS) is 25.0. The third-order valence-corrected chi connectivity index (χ3v) is 8.28. The third kappa shape index (κ3) is 3.61. The summed E-state index contributed by atoms with van der Waals surface area (Å²) >= 11 is 14.0. The standard InChI is InChI=1S/C18H14Cl2N2O3S2/c19-12-7-4-8-13(20)16(12)22-14-9-27(24,25)10-15(14)26-18(22)21-17(23)11-5-2-1-3-6-11/h1-8,14-15H,9-10H2. The van der Waals surface area contributed by atoms with Crippen molar-refractivity contribution in [2.75, 3.05) is 16.4 Å². The van der Waals surface area contributed by atoms with Gasteiger partial charge in [0, 0.05) is 10.8 Å². The molecule has 0 spiro atoms. The van der Waals surface area contributed by atoms with Gasteiger partial charge in [0.05, 0.1) is 33.3 Å². The fourth-order valence-corrected chi connectivity index (χ4v) is 7.76. The molecule has 0 saturated carbocycles. The predicted molar refractivity (Wildman–Crippen MR) is 111 cm³/mol. The molecule has 0 aliphatic carbocycles. The van der Waals surface area contributed by atoms with Gasteiger partial charge in [-0.15, -0.1) is 0 Å². The lowest BCUT2D eigenvalue weighted by atomic mass is 10.2. The molecule has 2 heterocycles. The van der Waals surface area contributed by atoms with Crippen LogP contribution in [0.5, 0.6) is 0 Å². The minimum atomic E-state index is -3.16. The van der Waals surface area contributed by atoms with Crippen LogP contribution in [0.15, 0.2) is 53.5 Å². The molecule has 0 aromatic heterocycles. The fraction of sp³-hybridized carbons (Fsp3) is 0.222. The second kappa shape index (κ2) is 7.13. The Balaban J connectivity index is 1.79. The molecule has 1 amide bonds. The van der Waals surface area contributed by atoms with Crippen molar-refractivity contribution in [2.45, 2.75) is 11.3 Å². The quantitative estimate of drug-likeness (QED) is 0.707. The highest BCUT2D eigenvalue weighted by atomic mass is 35.5. The molecule has 2 aliphatic rings. The van der Waals surface area contributed by atoms with Gasteiger partial charge in [-0.25, -0.2) is 8.42 Å². The fourth-order valence-electron chi connectivity index (χ4n) is 3.28. The summed E-state index contributed by atoms with van der Waals surface area (Å²) in [6.45, 7) is 0. The summed E-state index contributed by atoms with van der Waals surface area (Å²) in [5, 5.41) is 0.967. The smallest absolute Gasteiger partial charge is 0.279 e. The molecule has 5 nitrogen and oxygen atoms in total. The lowest BCUT2D eigenvalue weighted by molar-refractivity contribution is 0.100. The molecule has 2 atom stereocenters. The average Bonchev–Trinajstić information content (AvgIpc) is 3.07. The van der Waals surface area contributed by atoms with Crippen molar-refractivity contribution in [3.63, 3.8) is 0 Å². The van der Waals surface area contributed by atoms with Crippen LogP contribution in [0.3, 0.4) is 0 Å². The van der Waals surface area contributed by atoms with Crippen molar-refractivity contribution >= 4 is 61.6 Å². The average molecular weight is 441 g/mol. The van der Waals surface area contributed by atoms with Crippen LogP contribution in [0.4, 0.5) is 5.69 Å². The Morgan fingerprint density at radius 3 is 2.37 bits per heavy atom. The van der Waals surface area contributed by atoms with E-state index in [1.54, 1.807) is 47.4 Å². The van der Waals surface area contributed by atoms with E-state index in [1.807, 2.05) is 6.07 Å². The van der Waals surface area contributed by atoms with Gasteiger partial charge in [-0.1, -0.05) is 59.2 Å². The molecule has 0 bridgehead atoms. The molecule has 9 heteroatoms. The first-order chi connectivity index (χ1) is 12.9. The molecule has 27 heavy (non-hydrogen) atoms. The SMILES string of the molecule is O=C(N=C1SC2CS(=O)(=O)CC2N1c1c(Cl)cccc1Cl)c1ccccc1. The molecule has 0 N–H and O–H groups in total. The Morgan fingerprint density at radius 2 is 1.70 bits per heavy atom. The van der Waals surface area contributed by atoms with E-state index in [9.17, 15) is 13.2 Å². The summed E-state index contributed by atoms with van der Waals surface area (Å²) in [7, 11) is -3.16. The van der Waals surface area contributed by atoms with E-state index in [2.05, 4.69) is 4.99 Å². The number of carbonyl (C=O) groups excluding carboxylic acids is 1. The number of benzene rings is 2. The van der Waals surface area contributed by atoms with Crippen molar-refractivity contribution in [3.8, 4) is 0 Å². The second-order valence-electron chi connectivity index (χ2n) is 6.31. The zero-order valence-corrected chi connectivity index (χ0v) is 17.0. The summed E-state index contributed by atoms with van der Waals surface area (Å²) < 4.78 is 24.3. The number of amides is 1. The van der Waals surface area contributed by atoms with Crippen molar-refractivity contribution < 1.29 is 13.2 Å². The molecule has 140 valence electrons. The molecular formula is C18H14Cl2N2O3S2. The maximum absolute atomic E-state index is 12.6. The number of nitrogens with zero attached hydrogens (tertiary/aromatic N) is 2. The van der Waals surface area contributed by atoms with Crippen molar-refractivity contribution in [1.29, 1.82) is 0 Å². The third-order valence-electron chi connectivity index (χ3n) is 4.46. The molecule has 2 aliphatic heterocycles. The summed E-state index contributed by atoms with van der Waals surface area (Å²) in [5.41, 5.74) is 0.943. The van der Waals surface area contributed by atoms with E-state index in [0.717, 1.165) is 0 Å². The van der Waals surface area contributed by atoms with Gasteiger partial charge < -0.3 is 4.90 Å². The van der Waals surface area contributed by atoms with Crippen LogP contribution in [0, 0.1) is 0 Å². The Hall–Kier alpha value is -1.54. The van der Waals surface area contributed by atoms with Gasteiger partial charge in [-0.2, -0.15) is 4.99 Å². The Bertz CT molecular complexity index is 1020. The van der Waals surface area contributed by atoms with Crippen molar-refractivity contribution in [2.24, 2.45) is 4.99 Å². The first kappa shape index (κ1) is 18.8. The van der Waals surface area contributed by atoms with Gasteiger partial charge in [-0.05, 0) is 24.3 Å². The number of hydrogen-bond donors (Lipinski definition) is 0. The number of fused-ring (bicyclic) bond motifs is 1. The van der Waals surface area contributed by atoms with E-state index < -0.39 is 15.7 Å². The number of hydrogen-bond acceptors (Lipinski definition) is 4. The van der Waals surface area contributed by atoms with Crippen LogP contribution in [-0.4, -0.2) is 42.3 Å². The summed E-state index contributed by atoms with van der Waals surface area (Å²) in [4.78, 5) is 18.6. The maximum atomic E-state index is 12.6. The van der Waals surface area contributed by atoms with Crippen molar-refractivity contribution in [3.05, 3.63) is 64.1 Å². The number of rotatable bonds is 2. The van der Waals surface area contributed by atoms with E-state index in [0.29, 0.717) is 26.5 Å². The summed E-state index contributed by atoms with van der Waals surface area (Å²) in [5.74, 6) is -0.376. The second-order valence-corrected chi connectivity index (χ2v) is 10.5. The molecule has 0 radical (unpaired) electrons. The van der Waals surface area contributed by atoms with Crippen LogP contribution < -0.4 is 4.90 Å². The minimum absolute atomic E-state index is 0.0230. The Morgan fingerprint density at radius 1 is 1.04 bits per heavy atom. The number of aliphatic imine (C=N–C) groups is 1. The molecule has 2 unspecified atom stereocenters. The van der Waals surface area contributed by atoms with Crippen LogP contribution >= 0.6 is 35.0 Å². The summed E-state index contributed by atoms with van der Waals surface area (Å²) in [6.07, 6.45) is 0. The number of carbonyl (C=O) groups is 1. The van der Waals surface area contributed by atoms with Crippen LogP contribution in [0.1, 0.15) is 10.4 Å². The molecule has 2 aromatic rings. The van der Waals surface area contributed by atoms with Gasteiger partial charge in [-0.3, -0.25) is 4.79 Å². The Kier molecular flexibility index (Phi) is 4.96. The van der Waals surface area contributed by atoms with Crippen LogP contribution in [-0.2, 0) is 9.84 Å². The highest BCUT2D eigenvalue weighted by molar-refractivity contribution is 8.16. The zero-order valence-electron chi connectivity index (χ0n) is 13.9. The van der Waals surface area contributed by atoms with E-state index >= 15 is 0 Å². The summed E-state index contributed by atoms with van der Waals surface area (Å²) in [6, 6.07) is 13.4. The van der Waals surface area contributed by atoms with Gasteiger partial charge in [0.1, 0.15) is 0 Å². The van der Waals surface area contributed by atoms with Gasteiger partial charge in [0.15, 0.2) is 15.0 Å². The number of anilines is 1. The molecule has 2 saturated heterocycles. The van der Waals surface area contributed by atoms with Gasteiger partial charge >= 0.3 is 0 Å².